The number of thioether (sulfide) groups is 1. The van der Waals surface area contributed by atoms with Crippen molar-refractivity contribution in [2.24, 2.45) is 10.9 Å². The van der Waals surface area contributed by atoms with Crippen molar-refractivity contribution in [3.63, 3.8) is 0 Å². The molecule has 0 aromatic carbocycles. The summed E-state index contributed by atoms with van der Waals surface area (Å²) in [4.78, 5) is 6.45. The van der Waals surface area contributed by atoms with Gasteiger partial charge in [-0.15, -0.1) is 0 Å². The SMILES string of the molecule is CN=C(NCC(C)(C)SC)N(C)CCOCC1CC1. The summed E-state index contributed by atoms with van der Waals surface area (Å²) >= 11 is 1.86. The van der Waals surface area contributed by atoms with Crippen LogP contribution >= 0.6 is 11.8 Å². The lowest BCUT2D eigenvalue weighted by atomic mass is 10.2. The molecule has 0 amide bonds. The van der Waals surface area contributed by atoms with Crippen LogP contribution in [-0.2, 0) is 4.74 Å². The summed E-state index contributed by atoms with van der Waals surface area (Å²) in [6.45, 7) is 7.96. The topological polar surface area (TPSA) is 36.9 Å². The Labute approximate surface area is 122 Å². The zero-order chi connectivity index (χ0) is 14.3. The van der Waals surface area contributed by atoms with Crippen LogP contribution in [0.1, 0.15) is 26.7 Å². The number of nitrogens with one attached hydrogen (secondary N) is 1. The minimum Gasteiger partial charge on any atom is -0.379 e. The number of ether oxygens (including phenoxy) is 1. The molecule has 0 aromatic heterocycles. The maximum Gasteiger partial charge on any atom is 0.193 e. The Morgan fingerprint density at radius 3 is 2.68 bits per heavy atom. The number of aliphatic imine (C=N–C) groups is 1. The van der Waals surface area contributed by atoms with E-state index in [0.29, 0.717) is 0 Å². The molecule has 5 heteroatoms. The van der Waals surface area contributed by atoms with Gasteiger partial charge in [-0.25, -0.2) is 0 Å². The second-order valence-corrected chi connectivity index (χ2v) is 7.32. The molecule has 4 nitrogen and oxygen atoms in total. The van der Waals surface area contributed by atoms with Crippen LogP contribution in [0.25, 0.3) is 0 Å². The first-order valence-corrected chi connectivity index (χ1v) is 8.25. The van der Waals surface area contributed by atoms with E-state index in [0.717, 1.165) is 38.2 Å². The summed E-state index contributed by atoms with van der Waals surface area (Å²) in [6.07, 6.45) is 4.84. The molecule has 1 aliphatic carbocycles. The van der Waals surface area contributed by atoms with Crippen LogP contribution in [0.3, 0.4) is 0 Å². The quantitative estimate of drug-likeness (QED) is 0.421. The lowest BCUT2D eigenvalue weighted by molar-refractivity contribution is 0.115. The molecule has 1 saturated carbocycles. The molecule has 1 fully saturated rings. The van der Waals surface area contributed by atoms with E-state index in [4.69, 9.17) is 4.74 Å². The largest absolute Gasteiger partial charge is 0.379 e. The highest BCUT2D eigenvalue weighted by Crippen LogP contribution is 2.28. The van der Waals surface area contributed by atoms with E-state index in [1.807, 2.05) is 18.8 Å². The predicted octanol–water partition coefficient (Wildman–Crippen LogP) is 2.06. The first-order valence-electron chi connectivity index (χ1n) is 7.03. The number of guanidine groups is 1. The van der Waals surface area contributed by atoms with Gasteiger partial charge in [0.1, 0.15) is 0 Å². The van der Waals surface area contributed by atoms with Crippen molar-refractivity contribution >= 4 is 17.7 Å². The van der Waals surface area contributed by atoms with E-state index in [9.17, 15) is 0 Å². The molecule has 0 aromatic rings. The molecule has 0 saturated heterocycles. The molecular formula is C14H29N3OS. The summed E-state index contributed by atoms with van der Waals surface area (Å²) in [5.74, 6) is 1.78. The zero-order valence-electron chi connectivity index (χ0n) is 13.0. The minimum atomic E-state index is 0.221. The monoisotopic (exact) mass is 287 g/mol. The first-order chi connectivity index (χ1) is 8.98. The van der Waals surface area contributed by atoms with Crippen LogP contribution in [0.4, 0.5) is 0 Å². The Morgan fingerprint density at radius 1 is 1.47 bits per heavy atom. The van der Waals surface area contributed by atoms with Gasteiger partial charge in [0, 0.05) is 38.5 Å². The van der Waals surface area contributed by atoms with E-state index in [-0.39, 0.29) is 4.75 Å². The highest BCUT2D eigenvalue weighted by Gasteiger charge is 2.21. The molecule has 1 aliphatic rings. The maximum atomic E-state index is 5.66. The van der Waals surface area contributed by atoms with Gasteiger partial charge < -0.3 is 15.0 Å². The average molecular weight is 287 g/mol. The van der Waals surface area contributed by atoms with Gasteiger partial charge in [0.25, 0.3) is 0 Å². The van der Waals surface area contributed by atoms with Gasteiger partial charge in [-0.3, -0.25) is 4.99 Å². The number of nitrogens with zero attached hydrogens (tertiary/aromatic N) is 2. The second kappa shape index (κ2) is 8.00. The Kier molecular flexibility index (Phi) is 7.00. The van der Waals surface area contributed by atoms with E-state index >= 15 is 0 Å². The van der Waals surface area contributed by atoms with Crippen LogP contribution in [-0.4, -0.2) is 62.3 Å². The van der Waals surface area contributed by atoms with Crippen molar-refractivity contribution in [1.29, 1.82) is 0 Å². The van der Waals surface area contributed by atoms with Gasteiger partial charge in [-0.1, -0.05) is 0 Å². The third kappa shape index (κ3) is 7.06. The van der Waals surface area contributed by atoms with E-state index in [2.05, 4.69) is 42.4 Å². The first kappa shape index (κ1) is 16.6. The summed E-state index contributed by atoms with van der Waals surface area (Å²) < 4.78 is 5.88. The molecule has 0 aliphatic heterocycles. The average Bonchev–Trinajstić information content (AvgIpc) is 3.19. The van der Waals surface area contributed by atoms with Crippen LogP contribution in [0.15, 0.2) is 4.99 Å². The lowest BCUT2D eigenvalue weighted by Crippen LogP contribution is -2.45. The molecule has 0 unspecified atom stereocenters. The highest BCUT2D eigenvalue weighted by atomic mass is 32.2. The summed E-state index contributed by atoms with van der Waals surface area (Å²) in [5, 5.41) is 3.42. The molecule has 0 bridgehead atoms. The van der Waals surface area contributed by atoms with Crippen LogP contribution in [0, 0.1) is 5.92 Å². The standard InChI is InChI=1S/C14H29N3OS/c1-14(2,19-5)11-16-13(15-3)17(4)8-9-18-10-12-6-7-12/h12H,6-11H2,1-5H3,(H,15,16). The molecule has 0 atom stereocenters. The summed E-state index contributed by atoms with van der Waals surface area (Å²) in [6, 6.07) is 0. The van der Waals surface area contributed by atoms with Crippen LogP contribution in [0.2, 0.25) is 0 Å². The number of likely N-dealkylation sites (N-methyl/N-ethyl adjacent to an activating group) is 1. The van der Waals surface area contributed by atoms with Gasteiger partial charge >= 0.3 is 0 Å². The Balaban J connectivity index is 2.20. The Morgan fingerprint density at radius 2 is 2.16 bits per heavy atom. The van der Waals surface area contributed by atoms with E-state index in [1.165, 1.54) is 12.8 Å². The summed E-state index contributed by atoms with van der Waals surface area (Å²) in [7, 11) is 3.89. The van der Waals surface area contributed by atoms with Crippen molar-refractivity contribution in [1.82, 2.24) is 10.2 Å². The zero-order valence-corrected chi connectivity index (χ0v) is 13.8. The van der Waals surface area contributed by atoms with Crippen LogP contribution in [0.5, 0.6) is 0 Å². The third-order valence-corrected chi connectivity index (χ3v) is 4.67. The van der Waals surface area contributed by atoms with Crippen molar-refractivity contribution < 1.29 is 4.74 Å². The molecule has 0 spiro atoms. The third-order valence-electron chi connectivity index (χ3n) is 3.42. The predicted molar refractivity (Wildman–Crippen MR) is 85.1 cm³/mol. The molecule has 1 rings (SSSR count). The molecular weight excluding hydrogens is 258 g/mol. The molecule has 112 valence electrons. The number of hydrogen-bond donors (Lipinski definition) is 1. The molecule has 0 heterocycles. The fourth-order valence-corrected chi connectivity index (χ4v) is 1.81. The highest BCUT2D eigenvalue weighted by molar-refractivity contribution is 7.99. The van der Waals surface area contributed by atoms with Crippen molar-refractivity contribution in [2.45, 2.75) is 31.4 Å². The van der Waals surface area contributed by atoms with E-state index < -0.39 is 0 Å². The van der Waals surface area contributed by atoms with Crippen molar-refractivity contribution in [2.75, 3.05) is 46.7 Å². The van der Waals surface area contributed by atoms with E-state index in [1.54, 1.807) is 0 Å². The fourth-order valence-electron chi connectivity index (χ4n) is 1.59. The van der Waals surface area contributed by atoms with Crippen molar-refractivity contribution in [3.8, 4) is 0 Å². The van der Waals surface area contributed by atoms with Crippen LogP contribution < -0.4 is 5.32 Å². The van der Waals surface area contributed by atoms with Gasteiger partial charge in [0.2, 0.25) is 0 Å². The summed E-state index contributed by atoms with van der Waals surface area (Å²) in [5.41, 5.74) is 0. The maximum absolute atomic E-state index is 5.66. The Hall–Kier alpha value is -0.420. The number of hydrogen-bond acceptors (Lipinski definition) is 3. The fraction of sp³-hybridized carbons (Fsp3) is 0.929. The molecule has 19 heavy (non-hydrogen) atoms. The van der Waals surface area contributed by atoms with Gasteiger partial charge in [-0.2, -0.15) is 11.8 Å². The van der Waals surface area contributed by atoms with Gasteiger partial charge in [0.15, 0.2) is 5.96 Å². The van der Waals surface area contributed by atoms with Crippen molar-refractivity contribution in [3.05, 3.63) is 0 Å². The molecule has 1 N–H and O–H groups in total. The van der Waals surface area contributed by atoms with Gasteiger partial charge in [-0.05, 0) is 38.9 Å². The normalized spacial score (nSPS) is 16.6. The Bertz CT molecular complexity index is 290. The van der Waals surface area contributed by atoms with Gasteiger partial charge in [0.05, 0.1) is 6.61 Å². The number of rotatable bonds is 8. The molecule has 0 radical (unpaired) electrons. The smallest absolute Gasteiger partial charge is 0.193 e. The minimum absolute atomic E-state index is 0.221. The lowest BCUT2D eigenvalue weighted by Gasteiger charge is -2.27. The second-order valence-electron chi connectivity index (χ2n) is 5.80.